The summed E-state index contributed by atoms with van der Waals surface area (Å²) in [4.78, 5) is 12.3. The molecule has 0 radical (unpaired) electrons. The molecule has 0 amide bonds. The van der Waals surface area contributed by atoms with Gasteiger partial charge in [-0.05, 0) is 67.8 Å². The number of nitrogen functional groups attached to an aromatic ring is 1. The van der Waals surface area contributed by atoms with Gasteiger partial charge in [-0.2, -0.15) is 5.10 Å². The summed E-state index contributed by atoms with van der Waals surface area (Å²) in [5.74, 6) is 3.28. The van der Waals surface area contributed by atoms with Crippen LogP contribution in [0.1, 0.15) is 38.5 Å². The van der Waals surface area contributed by atoms with Crippen LogP contribution in [0.25, 0.3) is 33.2 Å². The highest BCUT2D eigenvalue weighted by molar-refractivity contribution is 6.05. The highest BCUT2D eigenvalue weighted by Gasteiger charge is 2.51. The average molecular weight is 399 g/mol. The molecule has 6 nitrogen and oxygen atoms in total. The number of nitrogens with zero attached hydrogens (tertiary/aromatic N) is 4. The van der Waals surface area contributed by atoms with E-state index in [0.29, 0.717) is 11.2 Å². The van der Waals surface area contributed by atoms with Crippen molar-refractivity contribution in [3.8, 4) is 11.3 Å². The first-order valence-electron chi connectivity index (χ1n) is 11.2. The molecule has 0 spiro atoms. The normalized spacial score (nSPS) is 29.9. The van der Waals surface area contributed by atoms with Crippen LogP contribution >= 0.6 is 0 Å². The first kappa shape index (κ1) is 16.9. The Kier molecular flexibility index (Phi) is 3.28. The van der Waals surface area contributed by atoms with Gasteiger partial charge < -0.3 is 10.7 Å². The fourth-order valence-electron chi connectivity index (χ4n) is 7.40. The SMILES string of the molecule is Nc1ncnc2c1c(-c1c[nH]c3ccccc13)nn2CC12CC3CC(CC(C3)C1)C2. The van der Waals surface area contributed by atoms with Crippen molar-refractivity contribution < 1.29 is 0 Å². The summed E-state index contributed by atoms with van der Waals surface area (Å²) in [5.41, 5.74) is 10.7. The molecule has 0 unspecified atom stereocenters. The molecule has 152 valence electrons. The second kappa shape index (κ2) is 5.84. The van der Waals surface area contributed by atoms with Crippen molar-refractivity contribution in [2.24, 2.45) is 23.2 Å². The summed E-state index contributed by atoms with van der Waals surface area (Å²) in [7, 11) is 0. The molecule has 0 aliphatic heterocycles. The summed E-state index contributed by atoms with van der Waals surface area (Å²) in [5, 5.41) is 7.17. The number of para-hydroxylation sites is 1. The molecule has 6 heteroatoms. The first-order chi connectivity index (χ1) is 14.7. The van der Waals surface area contributed by atoms with Gasteiger partial charge in [-0.3, -0.25) is 0 Å². The number of rotatable bonds is 3. The Bertz CT molecular complexity index is 1250. The van der Waals surface area contributed by atoms with Crippen molar-refractivity contribution in [1.82, 2.24) is 24.7 Å². The first-order valence-corrected chi connectivity index (χ1v) is 11.2. The van der Waals surface area contributed by atoms with Gasteiger partial charge >= 0.3 is 0 Å². The smallest absolute Gasteiger partial charge is 0.163 e. The quantitative estimate of drug-likeness (QED) is 0.520. The minimum atomic E-state index is 0.380. The number of fused-ring (bicyclic) bond motifs is 2. The third-order valence-electron chi connectivity index (χ3n) is 8.05. The summed E-state index contributed by atoms with van der Waals surface area (Å²) >= 11 is 0. The average Bonchev–Trinajstić information content (AvgIpc) is 3.29. The van der Waals surface area contributed by atoms with Crippen molar-refractivity contribution in [2.75, 3.05) is 5.73 Å². The van der Waals surface area contributed by atoms with Gasteiger partial charge in [0, 0.05) is 29.2 Å². The minimum absolute atomic E-state index is 0.380. The van der Waals surface area contributed by atoms with E-state index in [4.69, 9.17) is 10.8 Å². The molecule has 0 saturated heterocycles. The van der Waals surface area contributed by atoms with Gasteiger partial charge in [0.1, 0.15) is 17.8 Å². The molecule has 8 rings (SSSR count). The van der Waals surface area contributed by atoms with Crippen molar-refractivity contribution >= 4 is 27.8 Å². The van der Waals surface area contributed by atoms with E-state index in [0.717, 1.165) is 57.5 Å². The Labute approximate surface area is 174 Å². The molecule has 3 N–H and O–H groups in total. The van der Waals surface area contributed by atoms with Crippen LogP contribution in [0.5, 0.6) is 0 Å². The maximum absolute atomic E-state index is 6.37. The fraction of sp³-hybridized carbons (Fsp3) is 0.458. The molecule has 3 heterocycles. The van der Waals surface area contributed by atoms with Crippen molar-refractivity contribution in [3.05, 3.63) is 36.8 Å². The van der Waals surface area contributed by atoms with E-state index in [2.05, 4.69) is 37.8 Å². The van der Waals surface area contributed by atoms with Gasteiger partial charge in [-0.25, -0.2) is 14.6 Å². The minimum Gasteiger partial charge on any atom is -0.383 e. The van der Waals surface area contributed by atoms with E-state index in [1.54, 1.807) is 6.33 Å². The van der Waals surface area contributed by atoms with E-state index in [-0.39, 0.29) is 0 Å². The Balaban J connectivity index is 1.38. The van der Waals surface area contributed by atoms with Crippen molar-refractivity contribution in [2.45, 2.75) is 45.1 Å². The highest BCUT2D eigenvalue weighted by Crippen LogP contribution is 2.60. The van der Waals surface area contributed by atoms with E-state index in [1.165, 1.54) is 38.5 Å². The van der Waals surface area contributed by atoms with Gasteiger partial charge in [0.2, 0.25) is 0 Å². The standard InChI is InChI=1S/C24H26N6/c25-22-20-21(18-11-26-19-4-2-1-3-17(18)19)29-30(23(20)28-13-27-22)12-24-8-14-5-15(9-24)7-16(6-14)10-24/h1-4,11,13-16,26H,5-10,12H2,(H2,25,27,28). The third kappa shape index (κ3) is 2.33. The fourth-order valence-corrected chi connectivity index (χ4v) is 7.40. The van der Waals surface area contributed by atoms with Gasteiger partial charge in [-0.15, -0.1) is 0 Å². The second-order valence-corrected chi connectivity index (χ2v) is 10.1. The van der Waals surface area contributed by atoms with E-state index >= 15 is 0 Å². The Morgan fingerprint density at radius 3 is 2.53 bits per heavy atom. The van der Waals surface area contributed by atoms with Crippen LogP contribution in [-0.4, -0.2) is 24.7 Å². The number of aromatic nitrogens is 5. The number of nitrogens with one attached hydrogen (secondary N) is 1. The summed E-state index contributed by atoms with van der Waals surface area (Å²) in [6, 6.07) is 8.33. The molecule has 4 fully saturated rings. The lowest BCUT2D eigenvalue weighted by Crippen LogP contribution is -2.48. The van der Waals surface area contributed by atoms with Crippen LogP contribution < -0.4 is 5.73 Å². The number of hydrogen-bond donors (Lipinski definition) is 2. The van der Waals surface area contributed by atoms with Gasteiger partial charge in [0.15, 0.2) is 5.65 Å². The van der Waals surface area contributed by atoms with Crippen LogP contribution in [0, 0.1) is 23.2 Å². The van der Waals surface area contributed by atoms with Crippen LogP contribution in [0.4, 0.5) is 5.82 Å². The summed E-state index contributed by atoms with van der Waals surface area (Å²) in [6.07, 6.45) is 12.0. The van der Waals surface area contributed by atoms with Crippen molar-refractivity contribution in [1.29, 1.82) is 0 Å². The number of anilines is 1. The van der Waals surface area contributed by atoms with Crippen molar-refractivity contribution in [3.63, 3.8) is 0 Å². The molecule has 4 saturated carbocycles. The predicted octanol–water partition coefficient (Wildman–Crippen LogP) is 4.77. The highest BCUT2D eigenvalue weighted by atomic mass is 15.3. The molecule has 30 heavy (non-hydrogen) atoms. The molecule has 4 aromatic rings. The topological polar surface area (TPSA) is 85.4 Å². The molecule has 4 aliphatic carbocycles. The Hall–Kier alpha value is -2.89. The van der Waals surface area contributed by atoms with E-state index in [9.17, 15) is 0 Å². The monoisotopic (exact) mass is 398 g/mol. The maximum atomic E-state index is 6.37. The summed E-state index contributed by atoms with van der Waals surface area (Å²) < 4.78 is 2.15. The van der Waals surface area contributed by atoms with Gasteiger partial charge in [0.25, 0.3) is 0 Å². The third-order valence-corrected chi connectivity index (χ3v) is 8.05. The number of hydrogen-bond acceptors (Lipinski definition) is 4. The molecular weight excluding hydrogens is 372 g/mol. The van der Waals surface area contributed by atoms with Crippen LogP contribution in [-0.2, 0) is 6.54 Å². The predicted molar refractivity (Wildman–Crippen MR) is 118 cm³/mol. The summed E-state index contributed by atoms with van der Waals surface area (Å²) in [6.45, 7) is 0.950. The zero-order valence-corrected chi connectivity index (χ0v) is 17.0. The van der Waals surface area contributed by atoms with E-state index in [1.807, 2.05) is 12.3 Å². The number of aromatic amines is 1. The Morgan fingerprint density at radius 2 is 1.77 bits per heavy atom. The van der Waals surface area contributed by atoms with Crippen LogP contribution in [0.3, 0.4) is 0 Å². The molecule has 4 bridgehead atoms. The van der Waals surface area contributed by atoms with E-state index < -0.39 is 0 Å². The molecule has 0 atom stereocenters. The lowest BCUT2D eigenvalue weighted by atomic mass is 9.49. The lowest BCUT2D eigenvalue weighted by molar-refractivity contribution is -0.0629. The van der Waals surface area contributed by atoms with Gasteiger partial charge in [-0.1, -0.05) is 18.2 Å². The molecule has 4 aliphatic rings. The zero-order valence-electron chi connectivity index (χ0n) is 17.0. The molecule has 1 aromatic carbocycles. The number of nitrogens with two attached hydrogens (primary N) is 1. The molecule has 3 aromatic heterocycles. The Morgan fingerprint density at radius 1 is 1.03 bits per heavy atom. The zero-order chi connectivity index (χ0) is 19.9. The number of benzene rings is 1. The largest absolute Gasteiger partial charge is 0.383 e. The maximum Gasteiger partial charge on any atom is 0.163 e. The van der Waals surface area contributed by atoms with Crippen LogP contribution in [0.2, 0.25) is 0 Å². The van der Waals surface area contributed by atoms with Crippen LogP contribution in [0.15, 0.2) is 36.8 Å². The molecular formula is C24H26N6. The second-order valence-electron chi connectivity index (χ2n) is 10.1. The van der Waals surface area contributed by atoms with Gasteiger partial charge in [0.05, 0.1) is 5.39 Å². The lowest BCUT2D eigenvalue weighted by Gasteiger charge is -2.56. The number of H-pyrrole nitrogens is 1.